The molecule has 2 aliphatic rings. The summed E-state index contributed by atoms with van der Waals surface area (Å²) in [5.74, 6) is 0.0615. The number of amides is 1. The third-order valence-electron chi connectivity index (χ3n) is 5.43. The van der Waals surface area contributed by atoms with Gasteiger partial charge in [0.1, 0.15) is 5.56 Å². The summed E-state index contributed by atoms with van der Waals surface area (Å²) in [4.78, 5) is 21.9. The molecule has 0 spiro atoms. The minimum absolute atomic E-state index is 0.0615. The number of carbonyl (C=O) groups excluding carboxylic acids is 1. The quantitative estimate of drug-likeness (QED) is 0.848. The predicted molar refractivity (Wildman–Crippen MR) is 92.1 cm³/mol. The zero-order chi connectivity index (χ0) is 16.5. The number of aromatic nitrogens is 3. The summed E-state index contributed by atoms with van der Waals surface area (Å²) in [7, 11) is 0. The molecule has 0 unspecified atom stereocenters. The maximum atomic E-state index is 12.9. The van der Waals surface area contributed by atoms with Crippen LogP contribution in [0.25, 0.3) is 5.65 Å². The Morgan fingerprint density at radius 2 is 1.88 bits per heavy atom. The van der Waals surface area contributed by atoms with E-state index in [9.17, 15) is 4.79 Å². The van der Waals surface area contributed by atoms with Crippen LogP contribution in [0.15, 0.2) is 18.5 Å². The number of carbonyl (C=O) groups is 1. The summed E-state index contributed by atoms with van der Waals surface area (Å²) < 4.78 is 1.68. The van der Waals surface area contributed by atoms with Crippen LogP contribution in [0.1, 0.15) is 48.2 Å². The maximum Gasteiger partial charge on any atom is 0.259 e. The van der Waals surface area contributed by atoms with Crippen LogP contribution in [-0.4, -0.2) is 62.5 Å². The van der Waals surface area contributed by atoms with Crippen molar-refractivity contribution in [2.45, 2.75) is 45.1 Å². The summed E-state index contributed by atoms with van der Waals surface area (Å²) in [5.41, 5.74) is 2.18. The Labute approximate surface area is 142 Å². The fourth-order valence-corrected chi connectivity index (χ4v) is 4.02. The van der Waals surface area contributed by atoms with Gasteiger partial charge in [0, 0.05) is 44.1 Å². The van der Waals surface area contributed by atoms with Gasteiger partial charge in [0.05, 0.1) is 6.20 Å². The minimum atomic E-state index is 0.0615. The third kappa shape index (κ3) is 2.90. The number of nitrogens with zero attached hydrogens (tertiary/aromatic N) is 5. The van der Waals surface area contributed by atoms with Crippen LogP contribution in [0, 0.1) is 6.92 Å². The number of hydrogen-bond donors (Lipinski definition) is 0. The fraction of sp³-hybridized carbons (Fsp3) is 0.611. The lowest BCUT2D eigenvalue weighted by molar-refractivity contribution is 0.0524. The Morgan fingerprint density at radius 3 is 2.62 bits per heavy atom. The number of piperazine rings is 1. The second kappa shape index (κ2) is 6.51. The number of rotatable bonds is 2. The molecule has 0 radical (unpaired) electrons. The van der Waals surface area contributed by atoms with Crippen molar-refractivity contribution in [3.05, 3.63) is 29.7 Å². The molecular weight excluding hydrogens is 302 g/mol. The van der Waals surface area contributed by atoms with Crippen LogP contribution in [0.2, 0.25) is 0 Å². The average Bonchev–Trinajstić information content (AvgIpc) is 3.05. The van der Waals surface area contributed by atoms with Gasteiger partial charge in [-0.1, -0.05) is 19.3 Å². The van der Waals surface area contributed by atoms with Crippen molar-refractivity contribution in [1.29, 1.82) is 0 Å². The first-order valence-corrected chi connectivity index (χ1v) is 9.07. The van der Waals surface area contributed by atoms with Crippen molar-refractivity contribution < 1.29 is 4.79 Å². The molecule has 128 valence electrons. The van der Waals surface area contributed by atoms with E-state index >= 15 is 0 Å². The van der Waals surface area contributed by atoms with Crippen molar-refractivity contribution in [2.24, 2.45) is 0 Å². The first kappa shape index (κ1) is 15.6. The summed E-state index contributed by atoms with van der Waals surface area (Å²) in [6.45, 7) is 5.52. The van der Waals surface area contributed by atoms with Gasteiger partial charge in [0.25, 0.3) is 5.91 Å². The van der Waals surface area contributed by atoms with Crippen LogP contribution in [0.3, 0.4) is 0 Å². The second-order valence-electron chi connectivity index (χ2n) is 7.02. The Hall–Kier alpha value is -1.95. The molecule has 0 N–H and O–H groups in total. The normalized spacial score (nSPS) is 20.6. The largest absolute Gasteiger partial charge is 0.336 e. The molecule has 2 aromatic heterocycles. The van der Waals surface area contributed by atoms with E-state index in [1.807, 2.05) is 24.1 Å². The summed E-state index contributed by atoms with van der Waals surface area (Å²) in [5, 5.41) is 4.26. The van der Waals surface area contributed by atoms with Crippen molar-refractivity contribution >= 4 is 11.6 Å². The summed E-state index contributed by atoms with van der Waals surface area (Å²) in [6, 6.07) is 2.63. The van der Waals surface area contributed by atoms with Gasteiger partial charge < -0.3 is 4.90 Å². The monoisotopic (exact) mass is 327 g/mol. The standard InChI is InChI=1S/C18H25N5O/c1-14-7-8-23-17(20-14)16(13-19-23)18(24)22-11-9-21(10-12-22)15-5-3-2-4-6-15/h7-8,13,15H,2-6,9-12H2,1H3. The van der Waals surface area contributed by atoms with E-state index < -0.39 is 0 Å². The van der Waals surface area contributed by atoms with Gasteiger partial charge in [-0.05, 0) is 25.8 Å². The molecule has 6 nitrogen and oxygen atoms in total. The molecule has 1 aliphatic carbocycles. The van der Waals surface area contributed by atoms with Gasteiger partial charge in [0.2, 0.25) is 0 Å². The van der Waals surface area contributed by atoms with Crippen LogP contribution < -0.4 is 0 Å². The van der Waals surface area contributed by atoms with Crippen LogP contribution in [0.5, 0.6) is 0 Å². The highest BCUT2D eigenvalue weighted by molar-refractivity contribution is 5.99. The predicted octanol–water partition coefficient (Wildman–Crippen LogP) is 2.13. The van der Waals surface area contributed by atoms with Crippen LogP contribution in [-0.2, 0) is 0 Å². The highest BCUT2D eigenvalue weighted by Crippen LogP contribution is 2.24. The number of aryl methyl sites for hydroxylation is 1. The molecule has 1 amide bonds. The minimum Gasteiger partial charge on any atom is -0.336 e. The lowest BCUT2D eigenvalue weighted by Crippen LogP contribution is -2.52. The molecule has 2 fully saturated rings. The van der Waals surface area contributed by atoms with Gasteiger partial charge >= 0.3 is 0 Å². The molecule has 0 aromatic carbocycles. The second-order valence-corrected chi connectivity index (χ2v) is 7.02. The van der Waals surface area contributed by atoms with E-state index in [1.165, 1.54) is 32.1 Å². The molecule has 2 aromatic rings. The van der Waals surface area contributed by atoms with Crippen molar-refractivity contribution in [3.8, 4) is 0 Å². The van der Waals surface area contributed by atoms with Crippen molar-refractivity contribution in [2.75, 3.05) is 26.2 Å². The molecule has 0 atom stereocenters. The van der Waals surface area contributed by atoms with E-state index in [-0.39, 0.29) is 5.91 Å². The van der Waals surface area contributed by atoms with Crippen molar-refractivity contribution in [1.82, 2.24) is 24.4 Å². The van der Waals surface area contributed by atoms with E-state index in [2.05, 4.69) is 15.0 Å². The van der Waals surface area contributed by atoms with E-state index in [1.54, 1.807) is 10.7 Å². The zero-order valence-corrected chi connectivity index (χ0v) is 14.3. The molecule has 24 heavy (non-hydrogen) atoms. The Bertz CT molecular complexity index is 726. The van der Waals surface area contributed by atoms with Crippen LogP contribution in [0.4, 0.5) is 0 Å². The Balaban J connectivity index is 1.44. The van der Waals surface area contributed by atoms with E-state index in [0.29, 0.717) is 11.2 Å². The number of hydrogen-bond acceptors (Lipinski definition) is 4. The highest BCUT2D eigenvalue weighted by atomic mass is 16.2. The molecular formula is C18H25N5O. The number of fused-ring (bicyclic) bond motifs is 1. The Kier molecular flexibility index (Phi) is 4.22. The average molecular weight is 327 g/mol. The van der Waals surface area contributed by atoms with Crippen molar-refractivity contribution in [3.63, 3.8) is 0 Å². The molecule has 1 saturated heterocycles. The summed E-state index contributed by atoms with van der Waals surface area (Å²) in [6.07, 6.45) is 10.3. The van der Waals surface area contributed by atoms with E-state index in [0.717, 1.165) is 37.9 Å². The van der Waals surface area contributed by atoms with Gasteiger partial charge in [-0.25, -0.2) is 9.50 Å². The van der Waals surface area contributed by atoms with Gasteiger partial charge in [0.15, 0.2) is 5.65 Å². The lowest BCUT2D eigenvalue weighted by atomic mass is 9.94. The topological polar surface area (TPSA) is 53.7 Å². The van der Waals surface area contributed by atoms with Crippen LogP contribution >= 0.6 is 0 Å². The summed E-state index contributed by atoms with van der Waals surface area (Å²) >= 11 is 0. The molecule has 1 aliphatic heterocycles. The Morgan fingerprint density at radius 1 is 1.12 bits per heavy atom. The first-order chi connectivity index (χ1) is 11.7. The van der Waals surface area contributed by atoms with Gasteiger partial charge in [-0.15, -0.1) is 0 Å². The highest BCUT2D eigenvalue weighted by Gasteiger charge is 2.28. The molecule has 0 bridgehead atoms. The molecule has 6 heteroatoms. The molecule has 4 rings (SSSR count). The lowest BCUT2D eigenvalue weighted by Gasteiger charge is -2.40. The molecule has 3 heterocycles. The van der Waals surface area contributed by atoms with Gasteiger partial charge in [-0.2, -0.15) is 5.10 Å². The van der Waals surface area contributed by atoms with Gasteiger partial charge in [-0.3, -0.25) is 9.69 Å². The maximum absolute atomic E-state index is 12.9. The smallest absolute Gasteiger partial charge is 0.259 e. The first-order valence-electron chi connectivity index (χ1n) is 9.07. The SMILES string of the molecule is Cc1ccn2ncc(C(=O)N3CCN(C4CCCCC4)CC3)c2n1. The zero-order valence-electron chi connectivity index (χ0n) is 14.3. The fourth-order valence-electron chi connectivity index (χ4n) is 4.02. The van der Waals surface area contributed by atoms with E-state index in [4.69, 9.17) is 0 Å². The molecule has 1 saturated carbocycles. The third-order valence-corrected chi connectivity index (χ3v) is 5.43.